The van der Waals surface area contributed by atoms with Crippen LogP contribution in [0.3, 0.4) is 0 Å². The highest BCUT2D eigenvalue weighted by molar-refractivity contribution is 5.79. The number of aromatic nitrogens is 2. The molecule has 5 heteroatoms. The average Bonchev–Trinajstić information content (AvgIpc) is 3.04. The van der Waals surface area contributed by atoms with Gasteiger partial charge in [-0.3, -0.25) is 4.68 Å². The summed E-state index contributed by atoms with van der Waals surface area (Å²) in [6.45, 7) is 1.14. The molecule has 0 amide bonds. The molecule has 0 N–H and O–H groups in total. The fourth-order valence-corrected chi connectivity index (χ4v) is 2.74. The van der Waals surface area contributed by atoms with Gasteiger partial charge in [-0.15, -0.1) is 0 Å². The van der Waals surface area contributed by atoms with E-state index in [1.165, 1.54) is 18.2 Å². The maximum atomic E-state index is 12.4. The second-order valence-corrected chi connectivity index (χ2v) is 5.25. The van der Waals surface area contributed by atoms with Gasteiger partial charge in [0.25, 0.3) is 0 Å². The van der Waals surface area contributed by atoms with Gasteiger partial charge in [0, 0.05) is 5.39 Å². The second-order valence-electron chi connectivity index (χ2n) is 5.25. The summed E-state index contributed by atoms with van der Waals surface area (Å²) >= 11 is 0. The standard InChI is InChI=1S/C14H15F3N2/c1-2-9-6-12(9)10-3-4-13-11(5-10)7-18-19(13)8-14(15,16)17/h3-5,7,9,12H,2,6,8H2,1H3/t9-,12-/m0/s1. The minimum absolute atomic E-state index is 0.551. The average molecular weight is 268 g/mol. The van der Waals surface area contributed by atoms with Gasteiger partial charge in [-0.2, -0.15) is 18.3 Å². The Morgan fingerprint density at radius 2 is 2.16 bits per heavy atom. The molecule has 19 heavy (non-hydrogen) atoms. The molecule has 2 atom stereocenters. The molecule has 1 aliphatic carbocycles. The minimum atomic E-state index is -4.23. The largest absolute Gasteiger partial charge is 0.408 e. The Balaban J connectivity index is 1.90. The van der Waals surface area contributed by atoms with Crippen LogP contribution in [-0.2, 0) is 6.54 Å². The molecular weight excluding hydrogens is 253 g/mol. The molecule has 3 rings (SSSR count). The molecule has 0 spiro atoms. The lowest BCUT2D eigenvalue weighted by molar-refractivity contribution is -0.141. The fraction of sp³-hybridized carbons (Fsp3) is 0.500. The van der Waals surface area contributed by atoms with E-state index in [9.17, 15) is 13.2 Å². The quantitative estimate of drug-likeness (QED) is 0.819. The van der Waals surface area contributed by atoms with Gasteiger partial charge in [-0.1, -0.05) is 19.4 Å². The highest BCUT2D eigenvalue weighted by atomic mass is 19.4. The van der Waals surface area contributed by atoms with Crippen molar-refractivity contribution in [1.82, 2.24) is 9.78 Å². The third kappa shape index (κ3) is 2.46. The van der Waals surface area contributed by atoms with Crippen LogP contribution in [-0.4, -0.2) is 16.0 Å². The van der Waals surface area contributed by atoms with E-state index in [4.69, 9.17) is 0 Å². The molecular formula is C14H15F3N2. The number of nitrogens with zero attached hydrogens (tertiary/aromatic N) is 2. The Labute approximate surface area is 109 Å². The zero-order valence-electron chi connectivity index (χ0n) is 10.6. The smallest absolute Gasteiger partial charge is 0.256 e. The van der Waals surface area contributed by atoms with E-state index in [0.29, 0.717) is 11.4 Å². The van der Waals surface area contributed by atoms with Gasteiger partial charge < -0.3 is 0 Å². The van der Waals surface area contributed by atoms with Crippen LogP contribution in [0.15, 0.2) is 24.4 Å². The van der Waals surface area contributed by atoms with Crippen LogP contribution in [0.25, 0.3) is 10.9 Å². The molecule has 0 bridgehead atoms. The van der Waals surface area contributed by atoms with Gasteiger partial charge in [0.1, 0.15) is 6.54 Å². The Morgan fingerprint density at radius 1 is 1.37 bits per heavy atom. The van der Waals surface area contributed by atoms with Gasteiger partial charge in [-0.25, -0.2) is 0 Å². The number of halogens is 3. The minimum Gasteiger partial charge on any atom is -0.256 e. The van der Waals surface area contributed by atoms with Gasteiger partial charge in [0.15, 0.2) is 0 Å². The van der Waals surface area contributed by atoms with Crippen molar-refractivity contribution >= 4 is 10.9 Å². The molecule has 0 radical (unpaired) electrons. The first-order chi connectivity index (χ1) is 8.98. The van der Waals surface area contributed by atoms with Crippen LogP contribution in [0.1, 0.15) is 31.2 Å². The third-order valence-electron chi connectivity index (χ3n) is 3.87. The molecule has 1 heterocycles. The van der Waals surface area contributed by atoms with E-state index >= 15 is 0 Å². The number of benzene rings is 1. The summed E-state index contributed by atoms with van der Waals surface area (Å²) < 4.78 is 38.2. The van der Waals surface area contributed by atoms with Gasteiger partial charge >= 0.3 is 6.18 Å². The van der Waals surface area contributed by atoms with E-state index in [1.807, 2.05) is 12.1 Å². The molecule has 1 aromatic carbocycles. The number of alkyl halides is 3. The zero-order valence-corrected chi connectivity index (χ0v) is 10.6. The molecule has 102 valence electrons. The van der Waals surface area contributed by atoms with Crippen molar-refractivity contribution in [3.8, 4) is 0 Å². The lowest BCUT2D eigenvalue weighted by Gasteiger charge is -2.07. The van der Waals surface area contributed by atoms with E-state index < -0.39 is 12.7 Å². The van der Waals surface area contributed by atoms with Gasteiger partial charge in [0.2, 0.25) is 0 Å². The van der Waals surface area contributed by atoms with Crippen molar-refractivity contribution in [2.24, 2.45) is 5.92 Å². The summed E-state index contributed by atoms with van der Waals surface area (Å²) in [5.74, 6) is 1.32. The highest BCUT2D eigenvalue weighted by Gasteiger charge is 2.36. The lowest BCUT2D eigenvalue weighted by Crippen LogP contribution is -2.18. The Bertz CT molecular complexity index is 600. The van der Waals surface area contributed by atoms with Crippen molar-refractivity contribution in [1.29, 1.82) is 0 Å². The molecule has 0 aliphatic heterocycles. The van der Waals surface area contributed by atoms with Crippen molar-refractivity contribution < 1.29 is 13.2 Å². The first-order valence-corrected chi connectivity index (χ1v) is 6.50. The zero-order chi connectivity index (χ0) is 13.6. The monoisotopic (exact) mass is 268 g/mol. The molecule has 0 saturated heterocycles. The Morgan fingerprint density at radius 3 is 2.79 bits per heavy atom. The van der Waals surface area contributed by atoms with Crippen molar-refractivity contribution in [3.05, 3.63) is 30.0 Å². The summed E-state index contributed by atoms with van der Waals surface area (Å²) in [4.78, 5) is 0. The maximum Gasteiger partial charge on any atom is 0.408 e. The van der Waals surface area contributed by atoms with Crippen LogP contribution >= 0.6 is 0 Å². The predicted octanol–water partition coefficient (Wildman–Crippen LogP) is 4.11. The topological polar surface area (TPSA) is 17.8 Å². The SMILES string of the molecule is CC[C@H]1C[C@@H]1c1ccc2c(cnn2CC(F)(F)F)c1. The van der Waals surface area contributed by atoms with Crippen LogP contribution in [0.4, 0.5) is 13.2 Å². The first kappa shape index (κ1) is 12.5. The predicted molar refractivity (Wildman–Crippen MR) is 66.9 cm³/mol. The molecule has 0 unspecified atom stereocenters. The summed E-state index contributed by atoms with van der Waals surface area (Å²) in [5.41, 5.74) is 1.78. The Hall–Kier alpha value is -1.52. The molecule has 1 aromatic heterocycles. The maximum absolute atomic E-state index is 12.4. The van der Waals surface area contributed by atoms with Crippen LogP contribution in [0.5, 0.6) is 0 Å². The highest BCUT2D eigenvalue weighted by Crippen LogP contribution is 2.49. The molecule has 1 saturated carbocycles. The van der Waals surface area contributed by atoms with Crippen molar-refractivity contribution in [3.63, 3.8) is 0 Å². The second kappa shape index (κ2) is 4.25. The van der Waals surface area contributed by atoms with E-state index in [0.717, 1.165) is 22.4 Å². The number of hydrogen-bond donors (Lipinski definition) is 0. The summed E-state index contributed by atoms with van der Waals surface area (Å²) in [6, 6.07) is 5.68. The van der Waals surface area contributed by atoms with Gasteiger partial charge in [-0.05, 0) is 36.0 Å². The number of hydrogen-bond acceptors (Lipinski definition) is 1. The van der Waals surface area contributed by atoms with Crippen LogP contribution < -0.4 is 0 Å². The van der Waals surface area contributed by atoms with Crippen LogP contribution in [0.2, 0.25) is 0 Å². The summed E-state index contributed by atoms with van der Waals surface area (Å²) in [6.07, 6.45) is -0.357. The molecule has 2 nitrogen and oxygen atoms in total. The summed E-state index contributed by atoms with van der Waals surface area (Å²) in [5, 5.41) is 4.63. The summed E-state index contributed by atoms with van der Waals surface area (Å²) in [7, 11) is 0. The van der Waals surface area contributed by atoms with E-state index in [2.05, 4.69) is 12.0 Å². The molecule has 1 fully saturated rings. The normalized spacial score (nSPS) is 22.9. The van der Waals surface area contributed by atoms with Gasteiger partial charge in [0.05, 0.1) is 11.7 Å². The number of fused-ring (bicyclic) bond motifs is 1. The molecule has 1 aliphatic rings. The number of rotatable bonds is 3. The fourth-order valence-electron chi connectivity index (χ4n) is 2.74. The van der Waals surface area contributed by atoms with Crippen molar-refractivity contribution in [2.45, 2.75) is 38.4 Å². The first-order valence-electron chi connectivity index (χ1n) is 6.50. The van der Waals surface area contributed by atoms with Crippen molar-refractivity contribution in [2.75, 3.05) is 0 Å². The molecule has 2 aromatic rings. The van der Waals surface area contributed by atoms with E-state index in [1.54, 1.807) is 6.07 Å². The lowest BCUT2D eigenvalue weighted by atomic mass is 10.1. The Kier molecular flexibility index (Phi) is 2.80. The van der Waals surface area contributed by atoms with Crippen LogP contribution in [0, 0.1) is 5.92 Å². The third-order valence-corrected chi connectivity index (χ3v) is 3.87. The van der Waals surface area contributed by atoms with E-state index in [-0.39, 0.29) is 0 Å².